The predicted octanol–water partition coefficient (Wildman–Crippen LogP) is 2.56. The fraction of sp³-hybridized carbons (Fsp3) is 0.471. The number of nitrogens with zero attached hydrogens (tertiary/aromatic N) is 3. The highest BCUT2D eigenvalue weighted by Crippen LogP contribution is 2.25. The summed E-state index contributed by atoms with van der Waals surface area (Å²) in [6.45, 7) is 6.34. The summed E-state index contributed by atoms with van der Waals surface area (Å²) in [6.07, 6.45) is 7.15. The summed E-state index contributed by atoms with van der Waals surface area (Å²) in [7, 11) is 0. The average Bonchev–Trinajstić information content (AvgIpc) is 2.53. The highest BCUT2D eigenvalue weighted by atomic mass is 14.9. The van der Waals surface area contributed by atoms with Gasteiger partial charge >= 0.3 is 0 Å². The molecule has 4 nitrogen and oxygen atoms in total. The van der Waals surface area contributed by atoms with Gasteiger partial charge < -0.3 is 5.32 Å². The predicted molar refractivity (Wildman–Crippen MR) is 84.1 cm³/mol. The molecule has 3 rings (SSSR count). The first-order chi connectivity index (χ1) is 10.3. The van der Waals surface area contributed by atoms with Crippen LogP contribution >= 0.6 is 0 Å². The Morgan fingerprint density at radius 1 is 1.33 bits per heavy atom. The second-order valence-corrected chi connectivity index (χ2v) is 5.75. The van der Waals surface area contributed by atoms with Crippen LogP contribution in [0, 0.1) is 12.8 Å². The summed E-state index contributed by atoms with van der Waals surface area (Å²) in [5.74, 6) is 1.47. The van der Waals surface area contributed by atoms with Crippen molar-refractivity contribution in [1.82, 2.24) is 20.3 Å². The third-order valence-corrected chi connectivity index (χ3v) is 4.16. The number of pyridine rings is 1. The lowest BCUT2D eigenvalue weighted by atomic mass is 9.87. The normalized spacial score (nSPS) is 17.5. The Morgan fingerprint density at radius 3 is 3.05 bits per heavy atom. The minimum absolute atomic E-state index is 0.712. The first kappa shape index (κ1) is 14.1. The van der Waals surface area contributed by atoms with Crippen molar-refractivity contribution in [2.75, 3.05) is 13.1 Å². The van der Waals surface area contributed by atoms with Gasteiger partial charge in [-0.3, -0.25) is 4.98 Å². The van der Waals surface area contributed by atoms with Gasteiger partial charge in [-0.2, -0.15) is 0 Å². The van der Waals surface area contributed by atoms with Crippen LogP contribution in [0.3, 0.4) is 0 Å². The summed E-state index contributed by atoms with van der Waals surface area (Å²) < 4.78 is 0. The number of hydrogen-bond acceptors (Lipinski definition) is 4. The van der Waals surface area contributed by atoms with E-state index in [1.165, 1.54) is 17.7 Å². The molecule has 110 valence electrons. The Kier molecular flexibility index (Phi) is 4.25. The van der Waals surface area contributed by atoms with Crippen LogP contribution < -0.4 is 5.32 Å². The monoisotopic (exact) mass is 282 g/mol. The van der Waals surface area contributed by atoms with E-state index in [9.17, 15) is 0 Å². The molecule has 1 atom stereocenters. The van der Waals surface area contributed by atoms with E-state index in [1.807, 2.05) is 12.3 Å². The maximum absolute atomic E-state index is 4.77. The standard InChI is InChI=1S/C17H22N4/c1-3-18-10-13-6-7-15-14(9-13)11-20-17(21-15)16-12(2)5-4-8-19-16/h4-5,8,11,13,18H,3,6-7,9-10H2,1-2H3. The lowest BCUT2D eigenvalue weighted by Crippen LogP contribution is -2.27. The SMILES string of the molecule is CCNCC1CCc2nc(-c3ncccc3C)ncc2C1. The third kappa shape index (κ3) is 3.10. The molecule has 1 aliphatic rings. The van der Waals surface area contributed by atoms with Crippen LogP contribution in [0.5, 0.6) is 0 Å². The Bertz CT molecular complexity index is 624. The highest BCUT2D eigenvalue weighted by Gasteiger charge is 2.20. The summed E-state index contributed by atoms with van der Waals surface area (Å²) in [4.78, 5) is 13.7. The van der Waals surface area contributed by atoms with E-state index in [4.69, 9.17) is 4.98 Å². The van der Waals surface area contributed by atoms with Gasteiger partial charge in [0.05, 0.1) is 0 Å². The molecule has 0 saturated heterocycles. The minimum atomic E-state index is 0.712. The van der Waals surface area contributed by atoms with E-state index in [-0.39, 0.29) is 0 Å². The third-order valence-electron chi connectivity index (χ3n) is 4.16. The van der Waals surface area contributed by atoms with Gasteiger partial charge in [-0.15, -0.1) is 0 Å². The van der Waals surface area contributed by atoms with E-state index in [2.05, 4.69) is 35.2 Å². The first-order valence-corrected chi connectivity index (χ1v) is 7.75. The van der Waals surface area contributed by atoms with E-state index in [0.29, 0.717) is 5.92 Å². The van der Waals surface area contributed by atoms with Crippen molar-refractivity contribution in [1.29, 1.82) is 0 Å². The van der Waals surface area contributed by atoms with E-state index in [0.717, 1.165) is 43.0 Å². The van der Waals surface area contributed by atoms with Gasteiger partial charge in [0.1, 0.15) is 5.69 Å². The molecule has 2 aromatic heterocycles. The summed E-state index contributed by atoms with van der Waals surface area (Å²) in [6, 6.07) is 4.00. The summed E-state index contributed by atoms with van der Waals surface area (Å²) >= 11 is 0. The lowest BCUT2D eigenvalue weighted by molar-refractivity contribution is 0.424. The molecule has 1 unspecified atom stereocenters. The van der Waals surface area contributed by atoms with Gasteiger partial charge in [0.25, 0.3) is 0 Å². The second-order valence-electron chi connectivity index (χ2n) is 5.75. The zero-order chi connectivity index (χ0) is 14.7. The molecule has 0 aromatic carbocycles. The molecule has 21 heavy (non-hydrogen) atoms. The molecular weight excluding hydrogens is 260 g/mol. The van der Waals surface area contributed by atoms with Gasteiger partial charge in [-0.25, -0.2) is 9.97 Å². The summed E-state index contributed by atoms with van der Waals surface area (Å²) in [5.41, 5.74) is 4.53. The lowest BCUT2D eigenvalue weighted by Gasteiger charge is -2.24. The quantitative estimate of drug-likeness (QED) is 0.936. The van der Waals surface area contributed by atoms with Crippen LogP contribution in [0.4, 0.5) is 0 Å². The molecule has 1 aliphatic carbocycles. The number of aryl methyl sites for hydroxylation is 2. The first-order valence-electron chi connectivity index (χ1n) is 7.75. The zero-order valence-corrected chi connectivity index (χ0v) is 12.8. The van der Waals surface area contributed by atoms with Crippen LogP contribution in [0.25, 0.3) is 11.5 Å². The van der Waals surface area contributed by atoms with Crippen molar-refractivity contribution in [2.45, 2.75) is 33.1 Å². The Hall–Kier alpha value is -1.81. The van der Waals surface area contributed by atoms with Gasteiger partial charge in [0.2, 0.25) is 0 Å². The largest absolute Gasteiger partial charge is 0.317 e. The second kappa shape index (κ2) is 6.31. The average molecular weight is 282 g/mol. The van der Waals surface area contributed by atoms with Crippen molar-refractivity contribution in [3.8, 4) is 11.5 Å². The Morgan fingerprint density at radius 2 is 2.24 bits per heavy atom. The van der Waals surface area contributed by atoms with Crippen LogP contribution in [0.2, 0.25) is 0 Å². The zero-order valence-electron chi connectivity index (χ0n) is 12.8. The number of nitrogens with one attached hydrogen (secondary N) is 1. The molecule has 0 aliphatic heterocycles. The fourth-order valence-electron chi connectivity index (χ4n) is 2.94. The van der Waals surface area contributed by atoms with Crippen molar-refractivity contribution >= 4 is 0 Å². The number of hydrogen-bond donors (Lipinski definition) is 1. The maximum Gasteiger partial charge on any atom is 0.178 e. The van der Waals surface area contributed by atoms with Crippen LogP contribution in [-0.4, -0.2) is 28.0 Å². The van der Waals surface area contributed by atoms with Crippen molar-refractivity contribution in [2.24, 2.45) is 5.92 Å². The smallest absolute Gasteiger partial charge is 0.178 e. The van der Waals surface area contributed by atoms with E-state index >= 15 is 0 Å². The maximum atomic E-state index is 4.77. The molecule has 4 heteroatoms. The molecule has 0 spiro atoms. The molecule has 2 heterocycles. The van der Waals surface area contributed by atoms with Crippen molar-refractivity contribution in [3.63, 3.8) is 0 Å². The molecule has 0 bridgehead atoms. The molecule has 0 fully saturated rings. The Balaban J connectivity index is 1.82. The van der Waals surface area contributed by atoms with E-state index < -0.39 is 0 Å². The number of aromatic nitrogens is 3. The number of fused-ring (bicyclic) bond motifs is 1. The minimum Gasteiger partial charge on any atom is -0.317 e. The Labute approximate surface area is 126 Å². The van der Waals surface area contributed by atoms with Gasteiger partial charge in [-0.1, -0.05) is 13.0 Å². The molecule has 0 radical (unpaired) electrons. The molecule has 0 saturated carbocycles. The highest BCUT2D eigenvalue weighted by molar-refractivity contribution is 5.54. The van der Waals surface area contributed by atoms with Crippen LogP contribution in [0.1, 0.15) is 30.2 Å². The van der Waals surface area contributed by atoms with Crippen molar-refractivity contribution in [3.05, 3.63) is 41.3 Å². The molecular formula is C17H22N4. The van der Waals surface area contributed by atoms with Gasteiger partial charge in [-0.05, 0) is 62.4 Å². The topological polar surface area (TPSA) is 50.7 Å². The van der Waals surface area contributed by atoms with Crippen LogP contribution in [-0.2, 0) is 12.8 Å². The van der Waals surface area contributed by atoms with Gasteiger partial charge in [0, 0.05) is 18.1 Å². The van der Waals surface area contributed by atoms with Crippen molar-refractivity contribution < 1.29 is 0 Å². The molecule has 1 N–H and O–H groups in total. The number of rotatable bonds is 4. The fourth-order valence-corrected chi connectivity index (χ4v) is 2.94. The molecule has 2 aromatic rings. The van der Waals surface area contributed by atoms with Gasteiger partial charge in [0.15, 0.2) is 5.82 Å². The summed E-state index contributed by atoms with van der Waals surface area (Å²) in [5, 5.41) is 3.44. The molecule has 0 amide bonds. The van der Waals surface area contributed by atoms with E-state index in [1.54, 1.807) is 6.20 Å². The van der Waals surface area contributed by atoms with Crippen LogP contribution in [0.15, 0.2) is 24.5 Å².